The molecular weight excluding hydrogens is 265 g/mol. The Kier molecular flexibility index (Phi) is 3.54. The zero-order chi connectivity index (χ0) is 15.1. The molecular formula is C16H17F3O. The van der Waals surface area contributed by atoms with Gasteiger partial charge in [0.25, 0.3) is 0 Å². The van der Waals surface area contributed by atoms with E-state index in [4.69, 9.17) is 0 Å². The van der Waals surface area contributed by atoms with E-state index in [2.05, 4.69) is 0 Å². The number of aliphatic hydroxyl groups is 1. The van der Waals surface area contributed by atoms with Crippen molar-refractivity contribution < 1.29 is 18.3 Å². The van der Waals surface area contributed by atoms with Crippen molar-refractivity contribution in [2.45, 2.75) is 38.5 Å². The molecule has 1 N–H and O–H groups in total. The van der Waals surface area contributed by atoms with Gasteiger partial charge in [-0.05, 0) is 21.8 Å². The maximum absolute atomic E-state index is 13.0. The minimum atomic E-state index is -4.68. The van der Waals surface area contributed by atoms with E-state index in [0.717, 1.165) is 0 Å². The van der Waals surface area contributed by atoms with E-state index in [1.54, 1.807) is 36.4 Å². The zero-order valence-electron chi connectivity index (χ0n) is 11.6. The van der Waals surface area contributed by atoms with Gasteiger partial charge in [0, 0.05) is 5.56 Å². The second-order valence-electron chi connectivity index (χ2n) is 5.94. The lowest BCUT2D eigenvalue weighted by Gasteiger charge is -2.27. The molecule has 108 valence electrons. The highest BCUT2D eigenvalue weighted by atomic mass is 19.4. The zero-order valence-corrected chi connectivity index (χ0v) is 11.6. The lowest BCUT2D eigenvalue weighted by molar-refractivity contribution is -0.206. The number of halogens is 3. The van der Waals surface area contributed by atoms with Crippen molar-refractivity contribution >= 4 is 10.8 Å². The van der Waals surface area contributed by atoms with E-state index in [1.165, 1.54) is 0 Å². The molecule has 1 atom stereocenters. The normalized spacial score (nSPS) is 14.6. The molecule has 0 saturated heterocycles. The molecule has 0 aliphatic carbocycles. The molecule has 1 nitrogen and oxygen atoms in total. The molecule has 0 aromatic heterocycles. The first-order valence-electron chi connectivity index (χ1n) is 6.39. The third kappa shape index (κ3) is 2.66. The first-order chi connectivity index (χ1) is 9.12. The van der Waals surface area contributed by atoms with Crippen molar-refractivity contribution in [3.05, 3.63) is 47.5 Å². The van der Waals surface area contributed by atoms with E-state index in [0.29, 0.717) is 16.3 Å². The minimum Gasteiger partial charge on any atom is -0.379 e. The van der Waals surface area contributed by atoms with Gasteiger partial charge in [-0.2, -0.15) is 13.2 Å². The van der Waals surface area contributed by atoms with E-state index < -0.39 is 17.7 Å². The average molecular weight is 282 g/mol. The number of hydrogen-bond donors (Lipinski definition) is 1. The van der Waals surface area contributed by atoms with Crippen molar-refractivity contribution in [1.82, 2.24) is 0 Å². The average Bonchev–Trinajstić information content (AvgIpc) is 2.34. The molecule has 4 heteroatoms. The fourth-order valence-corrected chi connectivity index (χ4v) is 2.41. The molecule has 0 aliphatic heterocycles. The van der Waals surface area contributed by atoms with Gasteiger partial charge in [-0.15, -0.1) is 0 Å². The van der Waals surface area contributed by atoms with Gasteiger partial charge < -0.3 is 5.11 Å². The molecule has 0 bridgehead atoms. The third-order valence-electron chi connectivity index (χ3n) is 3.36. The maximum Gasteiger partial charge on any atom is 0.418 e. The van der Waals surface area contributed by atoms with Gasteiger partial charge >= 0.3 is 6.18 Å². The summed E-state index contributed by atoms with van der Waals surface area (Å²) in [6.07, 6.45) is -7.15. The van der Waals surface area contributed by atoms with Gasteiger partial charge in [0.05, 0.1) is 0 Å². The van der Waals surface area contributed by atoms with Crippen molar-refractivity contribution in [3.63, 3.8) is 0 Å². The molecule has 1 unspecified atom stereocenters. The molecule has 0 saturated carbocycles. The quantitative estimate of drug-likeness (QED) is 0.801. The fourth-order valence-electron chi connectivity index (χ4n) is 2.41. The van der Waals surface area contributed by atoms with Crippen LogP contribution in [0.15, 0.2) is 36.4 Å². The Morgan fingerprint density at radius 2 is 1.55 bits per heavy atom. The number of alkyl halides is 3. The summed E-state index contributed by atoms with van der Waals surface area (Å²) in [5.41, 5.74) is -0.00452. The Labute approximate surface area is 116 Å². The van der Waals surface area contributed by atoms with Gasteiger partial charge in [0.1, 0.15) is 0 Å². The Morgan fingerprint density at radius 1 is 0.950 bits per heavy atom. The van der Waals surface area contributed by atoms with Gasteiger partial charge in [0.2, 0.25) is 0 Å². The number of benzene rings is 2. The summed E-state index contributed by atoms with van der Waals surface area (Å²) in [6.45, 7) is 5.51. The molecule has 0 heterocycles. The smallest absolute Gasteiger partial charge is 0.379 e. The Morgan fingerprint density at radius 3 is 2.10 bits per heavy atom. The van der Waals surface area contributed by atoms with Crippen LogP contribution in [-0.4, -0.2) is 11.3 Å². The first kappa shape index (κ1) is 14.9. The van der Waals surface area contributed by atoms with E-state index in [9.17, 15) is 18.3 Å². The molecule has 0 spiro atoms. The summed E-state index contributed by atoms with van der Waals surface area (Å²) >= 11 is 0. The topological polar surface area (TPSA) is 20.2 Å². The monoisotopic (exact) mass is 282 g/mol. The Bertz CT molecular complexity index is 624. The summed E-state index contributed by atoms with van der Waals surface area (Å²) in [5.74, 6) is 0. The lowest BCUT2D eigenvalue weighted by Crippen LogP contribution is -2.25. The van der Waals surface area contributed by atoms with Crippen LogP contribution in [0.2, 0.25) is 0 Å². The lowest BCUT2D eigenvalue weighted by atomic mass is 9.80. The first-order valence-corrected chi connectivity index (χ1v) is 6.39. The van der Waals surface area contributed by atoms with Crippen LogP contribution in [0, 0.1) is 0 Å². The molecule has 0 radical (unpaired) electrons. The Hall–Kier alpha value is -1.55. The van der Waals surface area contributed by atoms with Crippen molar-refractivity contribution in [1.29, 1.82) is 0 Å². The van der Waals surface area contributed by atoms with E-state index in [1.807, 2.05) is 20.8 Å². The number of hydrogen-bond acceptors (Lipinski definition) is 1. The number of rotatable bonds is 1. The van der Waals surface area contributed by atoms with Crippen LogP contribution in [0.4, 0.5) is 13.2 Å². The molecule has 2 rings (SSSR count). The van der Waals surface area contributed by atoms with Crippen LogP contribution in [0.3, 0.4) is 0 Å². The van der Waals surface area contributed by atoms with Crippen molar-refractivity contribution in [3.8, 4) is 0 Å². The summed E-state index contributed by atoms with van der Waals surface area (Å²) in [5, 5.41) is 10.9. The van der Waals surface area contributed by atoms with Gasteiger partial charge in [-0.25, -0.2) is 0 Å². The van der Waals surface area contributed by atoms with Crippen LogP contribution < -0.4 is 0 Å². The van der Waals surface area contributed by atoms with Crippen LogP contribution >= 0.6 is 0 Å². The molecule has 0 amide bonds. The molecule has 0 aliphatic rings. The standard InChI is InChI=1S/C16H17F3O/c1-15(2,3)12-9-8-10-6-4-5-7-11(10)13(12)14(20)16(17,18)19/h4-9,14,20H,1-3H3. The maximum atomic E-state index is 13.0. The number of fused-ring (bicyclic) bond motifs is 1. The largest absolute Gasteiger partial charge is 0.418 e. The SMILES string of the molecule is CC(C)(C)c1ccc2ccccc2c1C(O)C(F)(F)F. The van der Waals surface area contributed by atoms with E-state index in [-0.39, 0.29) is 5.56 Å². The summed E-state index contributed by atoms with van der Waals surface area (Å²) in [7, 11) is 0. The predicted molar refractivity (Wildman–Crippen MR) is 73.7 cm³/mol. The van der Waals surface area contributed by atoms with Gasteiger partial charge in [-0.3, -0.25) is 0 Å². The van der Waals surface area contributed by atoms with Gasteiger partial charge in [0.15, 0.2) is 6.10 Å². The fraction of sp³-hybridized carbons (Fsp3) is 0.375. The summed E-state index contributed by atoms with van der Waals surface area (Å²) < 4.78 is 38.9. The van der Waals surface area contributed by atoms with Crippen LogP contribution in [0.5, 0.6) is 0 Å². The van der Waals surface area contributed by atoms with Crippen LogP contribution in [0.25, 0.3) is 10.8 Å². The van der Waals surface area contributed by atoms with Crippen molar-refractivity contribution in [2.24, 2.45) is 0 Å². The Balaban J connectivity index is 2.82. The summed E-state index contributed by atoms with van der Waals surface area (Å²) in [4.78, 5) is 0. The highest BCUT2D eigenvalue weighted by molar-refractivity contribution is 5.87. The predicted octanol–water partition coefficient (Wildman–Crippen LogP) is 4.73. The van der Waals surface area contributed by atoms with Crippen LogP contribution in [-0.2, 0) is 5.41 Å². The molecule has 2 aromatic rings. The van der Waals surface area contributed by atoms with E-state index >= 15 is 0 Å². The highest BCUT2D eigenvalue weighted by Crippen LogP contribution is 2.41. The molecule has 0 fully saturated rings. The molecule has 20 heavy (non-hydrogen) atoms. The summed E-state index contributed by atoms with van der Waals surface area (Å²) in [6, 6.07) is 10.3. The second kappa shape index (κ2) is 4.77. The number of aliphatic hydroxyl groups excluding tert-OH is 1. The van der Waals surface area contributed by atoms with Gasteiger partial charge in [-0.1, -0.05) is 57.2 Å². The highest BCUT2D eigenvalue weighted by Gasteiger charge is 2.42. The minimum absolute atomic E-state index is 0.0388. The molecule has 2 aromatic carbocycles. The van der Waals surface area contributed by atoms with Crippen molar-refractivity contribution in [2.75, 3.05) is 0 Å². The van der Waals surface area contributed by atoms with Crippen LogP contribution in [0.1, 0.15) is 38.0 Å². The second-order valence-corrected chi connectivity index (χ2v) is 5.94. The third-order valence-corrected chi connectivity index (χ3v) is 3.36.